The van der Waals surface area contributed by atoms with E-state index in [0.29, 0.717) is 24.2 Å². The Balaban J connectivity index is 1.09. The summed E-state index contributed by atoms with van der Waals surface area (Å²) in [4.78, 5) is 35.8. The van der Waals surface area contributed by atoms with Crippen molar-refractivity contribution >= 4 is 23.7 Å². The molecule has 2 aliphatic carbocycles. The van der Waals surface area contributed by atoms with Crippen molar-refractivity contribution in [3.8, 4) is 11.1 Å². The number of amides is 2. The predicted molar refractivity (Wildman–Crippen MR) is 131 cm³/mol. The summed E-state index contributed by atoms with van der Waals surface area (Å²) in [5.41, 5.74) is 5.87. The molecule has 0 spiro atoms. The van der Waals surface area contributed by atoms with Crippen molar-refractivity contribution in [2.75, 3.05) is 18.5 Å². The molecule has 3 N–H and O–H groups in total. The first-order valence-electron chi connectivity index (χ1n) is 11.7. The molecule has 3 aromatic rings. The highest BCUT2D eigenvalue weighted by Crippen LogP contribution is 2.44. The van der Waals surface area contributed by atoms with Crippen LogP contribution in [0.4, 0.5) is 10.5 Å². The molecule has 7 nitrogen and oxygen atoms in total. The number of benzene rings is 3. The van der Waals surface area contributed by atoms with Crippen molar-refractivity contribution in [1.82, 2.24) is 5.32 Å². The fourth-order valence-corrected chi connectivity index (χ4v) is 4.83. The summed E-state index contributed by atoms with van der Waals surface area (Å²) in [6.07, 6.45) is 0.101. The topological polar surface area (TPSA) is 105 Å². The van der Waals surface area contributed by atoms with Crippen molar-refractivity contribution in [2.24, 2.45) is 11.8 Å². The Kier molecular flexibility index (Phi) is 6.23. The number of anilines is 1. The van der Waals surface area contributed by atoms with Crippen LogP contribution in [0.3, 0.4) is 0 Å². The van der Waals surface area contributed by atoms with E-state index in [9.17, 15) is 14.4 Å². The van der Waals surface area contributed by atoms with Gasteiger partial charge >= 0.3 is 12.1 Å². The molecular formula is C28H26N2O5. The molecule has 2 atom stereocenters. The third-order valence-corrected chi connectivity index (χ3v) is 6.66. The number of carbonyl (C=O) groups excluding carboxylic acids is 2. The Morgan fingerprint density at radius 1 is 0.914 bits per heavy atom. The number of rotatable bonds is 8. The molecular weight excluding hydrogens is 444 g/mol. The highest BCUT2D eigenvalue weighted by atomic mass is 16.5. The summed E-state index contributed by atoms with van der Waals surface area (Å²) >= 11 is 0. The van der Waals surface area contributed by atoms with Gasteiger partial charge in [-0.2, -0.15) is 0 Å². The van der Waals surface area contributed by atoms with Gasteiger partial charge in [0.2, 0.25) is 5.91 Å². The molecule has 0 radical (unpaired) electrons. The zero-order chi connectivity index (χ0) is 24.4. The number of carbonyl (C=O) groups is 3. The predicted octanol–water partition coefficient (Wildman–Crippen LogP) is 4.43. The lowest BCUT2D eigenvalue weighted by molar-refractivity contribution is -0.136. The maximum absolute atomic E-state index is 12.5. The van der Waals surface area contributed by atoms with E-state index < -0.39 is 12.1 Å². The van der Waals surface area contributed by atoms with Gasteiger partial charge in [0.05, 0.1) is 6.42 Å². The molecule has 178 valence electrons. The minimum absolute atomic E-state index is 0.00416. The quantitative estimate of drug-likeness (QED) is 0.452. The van der Waals surface area contributed by atoms with Crippen LogP contribution in [0, 0.1) is 11.8 Å². The molecule has 0 heterocycles. The van der Waals surface area contributed by atoms with Gasteiger partial charge in [-0.1, -0.05) is 60.7 Å². The number of aliphatic carboxylic acids is 1. The number of nitrogens with one attached hydrogen (secondary N) is 2. The van der Waals surface area contributed by atoms with E-state index in [2.05, 4.69) is 34.9 Å². The minimum atomic E-state index is -0.921. The summed E-state index contributed by atoms with van der Waals surface area (Å²) in [5.74, 6) is -1.18. The standard InChI is InChI=1S/C28H26N2O5/c31-26(32)13-17-6-5-7-19(12-17)30-27(33)24-14-18(24)15-29-28(34)35-16-25-22-10-3-1-8-20(22)21-9-2-4-11-23(21)25/h1-12,18,24-25H,13-16H2,(H,29,34)(H,30,33)(H,31,32)/t18-,24-/m0/s1. The van der Waals surface area contributed by atoms with Crippen molar-refractivity contribution < 1.29 is 24.2 Å². The molecule has 1 saturated carbocycles. The number of alkyl carbamates (subject to hydrolysis) is 1. The van der Waals surface area contributed by atoms with Crippen LogP contribution >= 0.6 is 0 Å². The second kappa shape index (κ2) is 9.62. The van der Waals surface area contributed by atoms with Gasteiger partial charge in [-0.3, -0.25) is 9.59 Å². The Morgan fingerprint density at radius 2 is 1.60 bits per heavy atom. The smallest absolute Gasteiger partial charge is 0.407 e. The van der Waals surface area contributed by atoms with Crippen LogP contribution in [0.1, 0.15) is 29.0 Å². The van der Waals surface area contributed by atoms with Gasteiger partial charge in [0.25, 0.3) is 0 Å². The molecule has 1 fully saturated rings. The molecule has 0 aliphatic heterocycles. The highest BCUT2D eigenvalue weighted by molar-refractivity contribution is 5.94. The number of carboxylic acid groups (broad SMARTS) is 1. The monoisotopic (exact) mass is 470 g/mol. The summed E-state index contributed by atoms with van der Waals surface area (Å²) < 4.78 is 5.56. The van der Waals surface area contributed by atoms with Crippen molar-refractivity contribution in [3.63, 3.8) is 0 Å². The molecule has 0 unspecified atom stereocenters. The van der Waals surface area contributed by atoms with E-state index in [1.807, 2.05) is 24.3 Å². The van der Waals surface area contributed by atoms with Gasteiger partial charge in [-0.15, -0.1) is 0 Å². The fourth-order valence-electron chi connectivity index (χ4n) is 4.83. The molecule has 5 rings (SSSR count). The van der Waals surface area contributed by atoms with Gasteiger partial charge < -0.3 is 20.5 Å². The van der Waals surface area contributed by atoms with Crippen LogP contribution in [-0.4, -0.2) is 36.2 Å². The second-order valence-electron chi connectivity index (χ2n) is 9.07. The van der Waals surface area contributed by atoms with E-state index in [-0.39, 0.29) is 36.7 Å². The first kappa shape index (κ1) is 22.7. The Hall–Kier alpha value is -4.13. The molecule has 0 bridgehead atoms. The zero-order valence-electron chi connectivity index (χ0n) is 19.1. The lowest BCUT2D eigenvalue weighted by Crippen LogP contribution is -2.29. The van der Waals surface area contributed by atoms with Gasteiger partial charge in [-0.05, 0) is 52.3 Å². The molecule has 2 aliphatic rings. The molecule has 2 amide bonds. The summed E-state index contributed by atoms with van der Waals surface area (Å²) in [7, 11) is 0. The molecule has 0 aromatic heterocycles. The molecule has 7 heteroatoms. The average molecular weight is 471 g/mol. The van der Waals surface area contributed by atoms with E-state index in [0.717, 1.165) is 11.1 Å². The lowest BCUT2D eigenvalue weighted by atomic mass is 9.98. The molecule has 0 saturated heterocycles. The Labute approximate surface area is 203 Å². The number of carboxylic acids is 1. The normalized spacial score (nSPS) is 17.7. The van der Waals surface area contributed by atoms with Crippen LogP contribution in [0.2, 0.25) is 0 Å². The maximum Gasteiger partial charge on any atom is 0.407 e. The van der Waals surface area contributed by atoms with Gasteiger partial charge in [-0.25, -0.2) is 4.79 Å². The van der Waals surface area contributed by atoms with Crippen LogP contribution in [-0.2, 0) is 20.7 Å². The fraction of sp³-hybridized carbons (Fsp3) is 0.250. The molecule has 35 heavy (non-hydrogen) atoms. The first-order chi connectivity index (χ1) is 17.0. The average Bonchev–Trinajstić information content (AvgIpc) is 3.56. The summed E-state index contributed by atoms with van der Waals surface area (Å²) in [6, 6.07) is 23.2. The van der Waals surface area contributed by atoms with Crippen LogP contribution in [0.25, 0.3) is 11.1 Å². The minimum Gasteiger partial charge on any atom is -0.481 e. The third kappa shape index (κ3) is 5.04. The number of hydrogen-bond donors (Lipinski definition) is 3. The maximum atomic E-state index is 12.5. The highest BCUT2D eigenvalue weighted by Gasteiger charge is 2.43. The van der Waals surface area contributed by atoms with Crippen LogP contribution in [0.15, 0.2) is 72.8 Å². The summed E-state index contributed by atoms with van der Waals surface area (Å²) in [5, 5.41) is 14.6. The number of hydrogen-bond acceptors (Lipinski definition) is 4. The lowest BCUT2D eigenvalue weighted by Gasteiger charge is -2.14. The number of fused-ring (bicyclic) bond motifs is 3. The largest absolute Gasteiger partial charge is 0.481 e. The van der Waals surface area contributed by atoms with E-state index in [1.54, 1.807) is 24.3 Å². The summed E-state index contributed by atoms with van der Waals surface area (Å²) in [6.45, 7) is 0.620. The second-order valence-corrected chi connectivity index (χ2v) is 9.07. The third-order valence-electron chi connectivity index (χ3n) is 6.66. The van der Waals surface area contributed by atoms with Crippen molar-refractivity contribution in [2.45, 2.75) is 18.8 Å². The number of ether oxygens (including phenoxy) is 1. The van der Waals surface area contributed by atoms with Gasteiger partial charge in [0.1, 0.15) is 6.61 Å². The van der Waals surface area contributed by atoms with Crippen molar-refractivity contribution in [3.05, 3.63) is 89.5 Å². The van der Waals surface area contributed by atoms with Crippen molar-refractivity contribution in [1.29, 1.82) is 0 Å². The SMILES string of the molecule is O=C(O)Cc1cccc(NC(=O)[C@H]2C[C@H]2CNC(=O)OCC2c3ccccc3-c3ccccc32)c1. The van der Waals surface area contributed by atoms with E-state index >= 15 is 0 Å². The van der Waals surface area contributed by atoms with E-state index in [4.69, 9.17) is 9.84 Å². The molecule has 3 aromatic carbocycles. The Morgan fingerprint density at radius 3 is 2.29 bits per heavy atom. The van der Waals surface area contributed by atoms with Crippen LogP contribution in [0.5, 0.6) is 0 Å². The van der Waals surface area contributed by atoms with E-state index in [1.165, 1.54) is 11.1 Å². The van der Waals surface area contributed by atoms with Crippen LogP contribution < -0.4 is 10.6 Å². The first-order valence-corrected chi connectivity index (χ1v) is 11.7. The van der Waals surface area contributed by atoms with Gasteiger partial charge in [0, 0.05) is 24.1 Å². The van der Waals surface area contributed by atoms with Gasteiger partial charge in [0.15, 0.2) is 0 Å². The zero-order valence-corrected chi connectivity index (χ0v) is 19.1. The Bertz CT molecular complexity index is 1240.